The Morgan fingerprint density at radius 3 is 2.74 bits per heavy atom. The van der Waals surface area contributed by atoms with Gasteiger partial charge in [-0.25, -0.2) is 14.2 Å². The Labute approximate surface area is 157 Å². The van der Waals surface area contributed by atoms with Crippen LogP contribution in [0.4, 0.5) is 4.39 Å². The largest absolute Gasteiger partial charge is 0.347 e. The lowest BCUT2D eigenvalue weighted by molar-refractivity contribution is -0.136. The minimum absolute atomic E-state index is 0.0246. The number of piperidine rings is 1. The van der Waals surface area contributed by atoms with Crippen LogP contribution in [0, 0.1) is 11.7 Å². The lowest BCUT2D eigenvalue weighted by Crippen LogP contribution is -2.49. The highest BCUT2D eigenvalue weighted by molar-refractivity contribution is 5.76. The summed E-state index contributed by atoms with van der Waals surface area (Å²) in [6.45, 7) is 3.27. The molecule has 2 bridgehead atoms. The molecule has 5 rings (SSSR count). The fraction of sp³-hybridized carbons (Fsp3) is 0.450. The maximum atomic E-state index is 13.1. The summed E-state index contributed by atoms with van der Waals surface area (Å²) < 4.78 is 14.5. The van der Waals surface area contributed by atoms with Gasteiger partial charge in [-0.3, -0.25) is 14.3 Å². The Kier molecular flexibility index (Phi) is 5.03. The second kappa shape index (κ2) is 7.60. The van der Waals surface area contributed by atoms with E-state index in [-0.39, 0.29) is 24.3 Å². The Hall–Kier alpha value is -2.54. The topological polar surface area (TPSA) is 58.4 Å². The number of benzene rings is 1. The molecule has 0 aliphatic carbocycles. The molecule has 0 radical (unpaired) electrons. The summed E-state index contributed by atoms with van der Waals surface area (Å²) in [4.78, 5) is 32.6. The van der Waals surface area contributed by atoms with Crippen LogP contribution < -0.4 is 5.69 Å². The Morgan fingerprint density at radius 1 is 1.15 bits per heavy atom. The summed E-state index contributed by atoms with van der Waals surface area (Å²) in [5, 5.41) is 0. The molecular formula is C20H23FN4O2. The second-order valence-electron chi connectivity index (χ2n) is 7.49. The summed E-state index contributed by atoms with van der Waals surface area (Å²) in [7, 11) is 0. The van der Waals surface area contributed by atoms with Gasteiger partial charge < -0.3 is 4.90 Å². The highest BCUT2D eigenvalue weighted by Crippen LogP contribution is 2.29. The minimum atomic E-state index is -0.399. The van der Waals surface area contributed by atoms with Crippen molar-refractivity contribution in [3.63, 3.8) is 0 Å². The molecule has 1 aromatic heterocycles. The summed E-state index contributed by atoms with van der Waals surface area (Å²) in [6.07, 6.45) is 5.13. The van der Waals surface area contributed by atoms with Crippen LogP contribution >= 0.6 is 0 Å². The Morgan fingerprint density at radius 2 is 1.96 bits per heavy atom. The molecule has 27 heavy (non-hydrogen) atoms. The van der Waals surface area contributed by atoms with E-state index in [1.165, 1.54) is 22.9 Å². The molecule has 3 aliphatic rings. The molecule has 4 heterocycles. The number of halogens is 1. The smallest absolute Gasteiger partial charge is 0.337 e. The average Bonchev–Trinajstić information content (AvgIpc) is 2.96. The van der Waals surface area contributed by atoms with Crippen LogP contribution in [0.5, 0.6) is 0 Å². The Balaban J connectivity index is 1.44. The molecule has 6 nitrogen and oxygen atoms in total. The quantitative estimate of drug-likeness (QED) is 0.819. The van der Waals surface area contributed by atoms with E-state index in [4.69, 9.17) is 0 Å². The second-order valence-corrected chi connectivity index (χ2v) is 7.49. The van der Waals surface area contributed by atoms with Gasteiger partial charge in [0.1, 0.15) is 12.4 Å². The predicted molar refractivity (Wildman–Crippen MR) is 98.4 cm³/mol. The van der Waals surface area contributed by atoms with Gasteiger partial charge in [0.2, 0.25) is 5.91 Å². The van der Waals surface area contributed by atoms with E-state index in [1.54, 1.807) is 12.3 Å². The molecule has 3 fully saturated rings. The molecule has 1 aromatic carbocycles. The molecular weight excluding hydrogens is 347 g/mol. The van der Waals surface area contributed by atoms with Gasteiger partial charge in [0.15, 0.2) is 0 Å². The number of fused-ring (bicyclic) bond motifs is 4. The normalized spacial score (nSPS) is 22.6. The van der Waals surface area contributed by atoms with Gasteiger partial charge in [0, 0.05) is 44.6 Å². The summed E-state index contributed by atoms with van der Waals surface area (Å²) in [5.74, 6) is 0.180. The first kappa shape index (κ1) is 17.9. The number of carbonyl (C=O) groups excluding carboxylic acids is 1. The van der Waals surface area contributed by atoms with Crippen molar-refractivity contribution in [3.8, 4) is 0 Å². The molecule has 0 saturated carbocycles. The van der Waals surface area contributed by atoms with Crippen molar-refractivity contribution in [2.45, 2.75) is 32.0 Å². The van der Waals surface area contributed by atoms with Crippen molar-refractivity contribution in [1.82, 2.24) is 19.4 Å². The number of hydrogen-bond donors (Lipinski definition) is 0. The maximum Gasteiger partial charge on any atom is 0.347 e. The molecule has 7 heteroatoms. The molecule has 3 saturated heterocycles. The van der Waals surface area contributed by atoms with Crippen LogP contribution in [0.15, 0.2) is 47.5 Å². The molecule has 2 aromatic rings. The molecule has 2 atom stereocenters. The molecule has 1 amide bonds. The number of hydrogen-bond acceptors (Lipinski definition) is 4. The van der Waals surface area contributed by atoms with Crippen molar-refractivity contribution >= 4 is 5.91 Å². The SMILES string of the molecule is O=C(Cn1cccnc1=O)N1C[C@@H]2CC[C@H]1CN(Cc1ccc(F)cc1)C2. The van der Waals surface area contributed by atoms with Gasteiger partial charge in [-0.15, -0.1) is 0 Å². The zero-order chi connectivity index (χ0) is 18.8. The zero-order valence-electron chi connectivity index (χ0n) is 15.1. The fourth-order valence-electron chi connectivity index (χ4n) is 4.21. The summed E-state index contributed by atoms with van der Waals surface area (Å²) >= 11 is 0. The van der Waals surface area contributed by atoms with E-state index in [0.29, 0.717) is 5.92 Å². The first-order chi connectivity index (χ1) is 13.1. The van der Waals surface area contributed by atoms with Crippen molar-refractivity contribution in [1.29, 1.82) is 0 Å². The first-order valence-corrected chi connectivity index (χ1v) is 9.36. The van der Waals surface area contributed by atoms with E-state index in [9.17, 15) is 14.0 Å². The minimum Gasteiger partial charge on any atom is -0.337 e. The Bertz CT molecular complexity index is 867. The van der Waals surface area contributed by atoms with E-state index < -0.39 is 5.69 Å². The number of amides is 1. The van der Waals surface area contributed by atoms with E-state index >= 15 is 0 Å². The van der Waals surface area contributed by atoms with Gasteiger partial charge in [-0.05, 0) is 42.5 Å². The number of nitrogens with zero attached hydrogens (tertiary/aromatic N) is 4. The van der Waals surface area contributed by atoms with Gasteiger partial charge in [0.05, 0.1) is 0 Å². The van der Waals surface area contributed by atoms with Crippen LogP contribution in [-0.2, 0) is 17.9 Å². The van der Waals surface area contributed by atoms with Crippen molar-refractivity contribution in [2.75, 3.05) is 19.6 Å². The third-order valence-electron chi connectivity index (χ3n) is 5.52. The van der Waals surface area contributed by atoms with Gasteiger partial charge in [-0.2, -0.15) is 0 Å². The molecule has 0 spiro atoms. The van der Waals surface area contributed by atoms with Crippen LogP contribution in [0.2, 0.25) is 0 Å². The van der Waals surface area contributed by atoms with Gasteiger partial charge in [-0.1, -0.05) is 12.1 Å². The van der Waals surface area contributed by atoms with E-state index in [0.717, 1.165) is 44.6 Å². The lowest BCUT2D eigenvalue weighted by Gasteiger charge is -2.36. The summed E-state index contributed by atoms with van der Waals surface area (Å²) in [6, 6.07) is 8.43. The average molecular weight is 370 g/mol. The third kappa shape index (κ3) is 4.08. The van der Waals surface area contributed by atoms with Crippen LogP contribution in [0.3, 0.4) is 0 Å². The van der Waals surface area contributed by atoms with Crippen molar-refractivity contribution < 1.29 is 9.18 Å². The fourth-order valence-corrected chi connectivity index (χ4v) is 4.21. The first-order valence-electron chi connectivity index (χ1n) is 9.36. The van der Waals surface area contributed by atoms with E-state index in [2.05, 4.69) is 9.88 Å². The molecule has 0 unspecified atom stereocenters. The molecule has 3 aliphatic heterocycles. The lowest BCUT2D eigenvalue weighted by atomic mass is 9.95. The highest BCUT2D eigenvalue weighted by Gasteiger charge is 2.37. The monoisotopic (exact) mass is 370 g/mol. The highest BCUT2D eigenvalue weighted by atomic mass is 19.1. The number of rotatable bonds is 4. The van der Waals surface area contributed by atoms with Crippen LogP contribution in [-0.4, -0.2) is 50.9 Å². The number of aromatic nitrogens is 2. The molecule has 0 N–H and O–H groups in total. The van der Waals surface area contributed by atoms with Gasteiger partial charge >= 0.3 is 5.69 Å². The van der Waals surface area contributed by atoms with Crippen molar-refractivity contribution in [2.24, 2.45) is 5.92 Å². The standard InChI is InChI=1S/C20H23FN4O2/c21-17-5-2-15(3-6-17)10-23-11-16-4-7-18(13-23)25(12-16)19(26)14-24-9-1-8-22-20(24)27/h1-3,5-6,8-9,16,18H,4,7,10-14H2/t16-,18+/m1/s1. The van der Waals surface area contributed by atoms with Crippen LogP contribution in [0.25, 0.3) is 0 Å². The maximum absolute atomic E-state index is 13.1. The van der Waals surface area contributed by atoms with Crippen LogP contribution in [0.1, 0.15) is 18.4 Å². The van der Waals surface area contributed by atoms with Crippen molar-refractivity contribution in [3.05, 3.63) is 64.6 Å². The predicted octanol–water partition coefficient (Wildman–Crippen LogP) is 1.51. The zero-order valence-corrected chi connectivity index (χ0v) is 15.1. The number of carbonyl (C=O) groups is 1. The third-order valence-corrected chi connectivity index (χ3v) is 5.52. The summed E-state index contributed by atoms with van der Waals surface area (Å²) in [5.41, 5.74) is 0.682. The molecule has 142 valence electrons. The van der Waals surface area contributed by atoms with E-state index in [1.807, 2.05) is 17.0 Å². The van der Waals surface area contributed by atoms with Gasteiger partial charge in [0.25, 0.3) is 0 Å².